The van der Waals surface area contributed by atoms with Crippen LogP contribution in [0.15, 0.2) is 4.52 Å². The summed E-state index contributed by atoms with van der Waals surface area (Å²) < 4.78 is 12.6. The van der Waals surface area contributed by atoms with Crippen LogP contribution in [0.4, 0.5) is 0 Å². The van der Waals surface area contributed by atoms with E-state index in [1.807, 2.05) is 20.8 Å². The zero-order chi connectivity index (χ0) is 14.7. The van der Waals surface area contributed by atoms with Crippen LogP contribution < -0.4 is 0 Å². The van der Waals surface area contributed by atoms with Crippen molar-refractivity contribution in [2.75, 3.05) is 6.61 Å². The minimum atomic E-state index is -0.173. The van der Waals surface area contributed by atoms with Crippen LogP contribution in [0.1, 0.15) is 50.2 Å². The van der Waals surface area contributed by atoms with Crippen molar-refractivity contribution in [1.82, 2.24) is 24.9 Å². The second-order valence-corrected chi connectivity index (χ2v) is 5.28. The van der Waals surface area contributed by atoms with E-state index < -0.39 is 0 Å². The molecule has 0 aliphatic rings. The molecule has 2 rings (SSSR count). The van der Waals surface area contributed by atoms with Crippen LogP contribution >= 0.6 is 0 Å². The predicted octanol–water partition coefficient (Wildman–Crippen LogP) is 2.06. The van der Waals surface area contributed by atoms with E-state index >= 15 is 0 Å². The zero-order valence-electron chi connectivity index (χ0n) is 12.6. The Morgan fingerprint density at radius 2 is 1.95 bits per heavy atom. The van der Waals surface area contributed by atoms with Crippen molar-refractivity contribution >= 4 is 0 Å². The minimum Gasteiger partial charge on any atom is -0.370 e. The van der Waals surface area contributed by atoms with Crippen molar-refractivity contribution in [3.8, 4) is 0 Å². The Balaban J connectivity index is 2.00. The van der Waals surface area contributed by atoms with Crippen molar-refractivity contribution in [1.29, 1.82) is 0 Å². The minimum absolute atomic E-state index is 0.173. The third kappa shape index (κ3) is 3.63. The van der Waals surface area contributed by atoms with Gasteiger partial charge in [-0.2, -0.15) is 10.1 Å². The normalized spacial score (nSPS) is 13.1. The quantitative estimate of drug-likeness (QED) is 0.805. The van der Waals surface area contributed by atoms with E-state index in [-0.39, 0.29) is 6.10 Å². The molecule has 1 unspecified atom stereocenters. The number of hydrogen-bond donors (Lipinski definition) is 0. The number of rotatable bonds is 6. The second-order valence-electron chi connectivity index (χ2n) is 5.28. The first kappa shape index (κ1) is 14.6. The van der Waals surface area contributed by atoms with Gasteiger partial charge in [0.2, 0.25) is 5.89 Å². The van der Waals surface area contributed by atoms with E-state index in [0.29, 0.717) is 30.8 Å². The van der Waals surface area contributed by atoms with Gasteiger partial charge in [-0.15, -0.1) is 0 Å². The fraction of sp³-hybridized carbons (Fsp3) is 0.692. The Morgan fingerprint density at radius 1 is 1.20 bits per heavy atom. The molecule has 0 saturated carbocycles. The second kappa shape index (κ2) is 6.13. The molecule has 2 heterocycles. The largest absolute Gasteiger partial charge is 0.370 e. The standard InChI is InChI=1S/C13H21N5O2/c1-8(2)7-19-9(3)13-15-12(20-17-13)6-18-11(5)14-10(4)16-18/h8-9H,6-7H2,1-5H3. The summed E-state index contributed by atoms with van der Waals surface area (Å²) in [5.41, 5.74) is 0. The summed E-state index contributed by atoms with van der Waals surface area (Å²) in [6.07, 6.45) is -0.173. The summed E-state index contributed by atoms with van der Waals surface area (Å²) in [5, 5.41) is 8.22. The fourth-order valence-electron chi connectivity index (χ4n) is 1.75. The Hall–Kier alpha value is -1.76. The molecule has 1 atom stereocenters. The van der Waals surface area contributed by atoms with Crippen LogP contribution in [-0.2, 0) is 11.3 Å². The number of aryl methyl sites for hydroxylation is 2. The SMILES string of the molecule is Cc1nc(C)n(Cc2nc(C(C)OCC(C)C)no2)n1. The molecule has 0 bridgehead atoms. The van der Waals surface area contributed by atoms with Crippen LogP contribution in [0.5, 0.6) is 0 Å². The Kier molecular flexibility index (Phi) is 4.49. The van der Waals surface area contributed by atoms with Crippen LogP contribution in [0.3, 0.4) is 0 Å². The molecule has 20 heavy (non-hydrogen) atoms. The monoisotopic (exact) mass is 279 g/mol. The summed E-state index contributed by atoms with van der Waals surface area (Å²) in [5.74, 6) is 3.11. The lowest BCUT2D eigenvalue weighted by Crippen LogP contribution is -2.08. The number of aromatic nitrogens is 5. The van der Waals surface area contributed by atoms with Crippen LogP contribution in [0, 0.1) is 19.8 Å². The highest BCUT2D eigenvalue weighted by Crippen LogP contribution is 2.15. The molecule has 0 amide bonds. The van der Waals surface area contributed by atoms with Crippen molar-refractivity contribution < 1.29 is 9.26 Å². The van der Waals surface area contributed by atoms with E-state index in [0.717, 1.165) is 11.6 Å². The average Bonchev–Trinajstić information content (AvgIpc) is 2.94. The average molecular weight is 279 g/mol. The van der Waals surface area contributed by atoms with E-state index in [1.165, 1.54) is 0 Å². The Labute approximate surface area is 118 Å². The van der Waals surface area contributed by atoms with E-state index in [4.69, 9.17) is 9.26 Å². The summed E-state index contributed by atoms with van der Waals surface area (Å²) in [7, 11) is 0. The molecule has 0 fully saturated rings. The Bertz CT molecular complexity index is 561. The number of nitrogens with zero attached hydrogens (tertiary/aromatic N) is 5. The summed E-state index contributed by atoms with van der Waals surface area (Å²) in [4.78, 5) is 8.58. The molecule has 0 aromatic carbocycles. The lowest BCUT2D eigenvalue weighted by molar-refractivity contribution is 0.0402. The summed E-state index contributed by atoms with van der Waals surface area (Å²) >= 11 is 0. The van der Waals surface area contributed by atoms with Gasteiger partial charge in [0.1, 0.15) is 24.3 Å². The summed E-state index contributed by atoms with van der Waals surface area (Å²) in [6, 6.07) is 0. The van der Waals surface area contributed by atoms with Gasteiger partial charge in [0.25, 0.3) is 0 Å². The van der Waals surface area contributed by atoms with Gasteiger partial charge in [-0.05, 0) is 26.7 Å². The Morgan fingerprint density at radius 3 is 2.55 bits per heavy atom. The molecule has 2 aromatic rings. The molecule has 7 heteroatoms. The molecule has 110 valence electrons. The lowest BCUT2D eigenvalue weighted by Gasteiger charge is -2.10. The molecule has 0 spiro atoms. The van der Waals surface area contributed by atoms with Gasteiger partial charge in [-0.3, -0.25) is 0 Å². The topological polar surface area (TPSA) is 78.9 Å². The molecule has 0 radical (unpaired) electrons. The first-order valence-corrected chi connectivity index (χ1v) is 6.78. The first-order valence-electron chi connectivity index (χ1n) is 6.78. The van der Waals surface area contributed by atoms with Crippen molar-refractivity contribution in [3.63, 3.8) is 0 Å². The highest BCUT2D eigenvalue weighted by atomic mass is 16.5. The molecule has 0 aliphatic carbocycles. The third-order valence-electron chi connectivity index (χ3n) is 2.77. The molecular formula is C13H21N5O2. The van der Waals surface area contributed by atoms with Crippen molar-refractivity contribution in [3.05, 3.63) is 23.4 Å². The van der Waals surface area contributed by atoms with Crippen LogP contribution in [-0.4, -0.2) is 31.5 Å². The van der Waals surface area contributed by atoms with E-state index in [1.54, 1.807) is 4.68 Å². The maximum atomic E-state index is 5.66. The van der Waals surface area contributed by atoms with Gasteiger partial charge in [0, 0.05) is 6.61 Å². The number of hydrogen-bond acceptors (Lipinski definition) is 6. The van der Waals surface area contributed by atoms with Gasteiger partial charge in [0.05, 0.1) is 0 Å². The third-order valence-corrected chi connectivity index (χ3v) is 2.77. The lowest BCUT2D eigenvalue weighted by atomic mass is 10.2. The van der Waals surface area contributed by atoms with Crippen molar-refractivity contribution in [2.24, 2.45) is 5.92 Å². The maximum absolute atomic E-state index is 5.66. The number of ether oxygens (including phenoxy) is 1. The van der Waals surface area contributed by atoms with Gasteiger partial charge in [-0.1, -0.05) is 19.0 Å². The van der Waals surface area contributed by atoms with Gasteiger partial charge in [-0.25, -0.2) is 9.67 Å². The molecule has 0 saturated heterocycles. The van der Waals surface area contributed by atoms with Gasteiger partial charge >= 0.3 is 0 Å². The van der Waals surface area contributed by atoms with Crippen molar-refractivity contribution in [2.45, 2.75) is 47.3 Å². The summed E-state index contributed by atoms with van der Waals surface area (Å²) in [6.45, 7) is 11.0. The molecule has 2 aromatic heterocycles. The zero-order valence-corrected chi connectivity index (χ0v) is 12.6. The first-order chi connectivity index (χ1) is 9.45. The van der Waals surface area contributed by atoms with Gasteiger partial charge < -0.3 is 9.26 Å². The van der Waals surface area contributed by atoms with Gasteiger partial charge in [0.15, 0.2) is 5.82 Å². The molecule has 0 aliphatic heterocycles. The van der Waals surface area contributed by atoms with Crippen LogP contribution in [0.2, 0.25) is 0 Å². The fourth-order valence-corrected chi connectivity index (χ4v) is 1.75. The predicted molar refractivity (Wildman–Crippen MR) is 72.1 cm³/mol. The molecule has 7 nitrogen and oxygen atoms in total. The van der Waals surface area contributed by atoms with E-state index in [9.17, 15) is 0 Å². The molecular weight excluding hydrogens is 258 g/mol. The van der Waals surface area contributed by atoms with Crippen LogP contribution in [0.25, 0.3) is 0 Å². The highest BCUT2D eigenvalue weighted by molar-refractivity contribution is 4.94. The maximum Gasteiger partial charge on any atom is 0.248 e. The van der Waals surface area contributed by atoms with E-state index in [2.05, 4.69) is 34.1 Å². The smallest absolute Gasteiger partial charge is 0.248 e. The highest BCUT2D eigenvalue weighted by Gasteiger charge is 2.16. The molecule has 0 N–H and O–H groups in total.